The van der Waals surface area contributed by atoms with E-state index in [2.05, 4.69) is 4.98 Å². The van der Waals surface area contributed by atoms with Crippen LogP contribution in [0.15, 0.2) is 30.5 Å². The van der Waals surface area contributed by atoms with Crippen molar-refractivity contribution in [2.24, 2.45) is 0 Å². The van der Waals surface area contributed by atoms with Gasteiger partial charge in [-0.2, -0.15) is 0 Å². The van der Waals surface area contributed by atoms with Crippen molar-refractivity contribution in [3.8, 4) is 0 Å². The summed E-state index contributed by atoms with van der Waals surface area (Å²) in [6.45, 7) is 1.90. The van der Waals surface area contributed by atoms with E-state index in [0.717, 1.165) is 31.2 Å². The number of carbonyl (C=O) groups is 2. The van der Waals surface area contributed by atoms with Gasteiger partial charge in [-0.25, -0.2) is 9.88 Å². The number of imide groups is 1. The van der Waals surface area contributed by atoms with E-state index in [-0.39, 0.29) is 11.8 Å². The summed E-state index contributed by atoms with van der Waals surface area (Å²) in [5, 5.41) is 0. The van der Waals surface area contributed by atoms with Crippen molar-refractivity contribution in [2.75, 3.05) is 4.90 Å². The number of fused-ring (bicyclic) bond motifs is 2. The second kappa shape index (κ2) is 8.08. The van der Waals surface area contributed by atoms with Crippen LogP contribution in [0.25, 0.3) is 0 Å². The normalized spacial score (nSPS) is 15.4. The van der Waals surface area contributed by atoms with Crippen molar-refractivity contribution in [1.29, 1.82) is 0 Å². The maximum atomic E-state index is 13.7. The number of amides is 2. The van der Waals surface area contributed by atoms with Crippen molar-refractivity contribution in [3.05, 3.63) is 66.7 Å². The second-order valence-corrected chi connectivity index (χ2v) is 10.4. The Kier molecular flexibility index (Phi) is 5.29. The molecule has 2 aliphatic rings. The fourth-order valence-corrected chi connectivity index (χ4v) is 6.78. The third kappa shape index (κ3) is 3.52. The molecule has 2 amide bonds. The second-order valence-electron chi connectivity index (χ2n) is 8.12. The monoisotopic (exact) mass is 436 g/mol. The number of nitrogens with zero attached hydrogens (tertiary/aromatic N) is 2. The smallest absolute Gasteiger partial charge is 0.267 e. The predicted octanol–water partition coefficient (Wildman–Crippen LogP) is 5.76. The highest BCUT2D eigenvalue weighted by atomic mass is 32.1. The van der Waals surface area contributed by atoms with Gasteiger partial charge in [-0.1, -0.05) is 6.07 Å². The molecule has 0 unspecified atom stereocenters. The van der Waals surface area contributed by atoms with Crippen molar-refractivity contribution >= 4 is 40.3 Å². The molecule has 0 aromatic carbocycles. The third-order valence-corrected chi connectivity index (χ3v) is 8.46. The highest BCUT2D eigenvalue weighted by molar-refractivity contribution is 7.15. The van der Waals surface area contributed by atoms with Crippen molar-refractivity contribution in [1.82, 2.24) is 4.98 Å². The summed E-state index contributed by atoms with van der Waals surface area (Å²) < 4.78 is 0. The van der Waals surface area contributed by atoms with E-state index in [9.17, 15) is 9.59 Å². The van der Waals surface area contributed by atoms with Gasteiger partial charge in [0.25, 0.3) is 11.8 Å². The molecule has 3 aromatic heterocycles. The van der Waals surface area contributed by atoms with Crippen LogP contribution in [0.4, 0.5) is 5.82 Å². The zero-order valence-corrected chi connectivity index (χ0v) is 18.7. The lowest BCUT2D eigenvalue weighted by Crippen LogP contribution is -2.37. The summed E-state index contributed by atoms with van der Waals surface area (Å²) in [5.74, 6) is -0.0783. The van der Waals surface area contributed by atoms with Crippen LogP contribution >= 0.6 is 22.7 Å². The first-order valence-corrected chi connectivity index (χ1v) is 12.3. The van der Waals surface area contributed by atoms with Crippen LogP contribution in [-0.4, -0.2) is 16.8 Å². The molecule has 0 aliphatic heterocycles. The summed E-state index contributed by atoms with van der Waals surface area (Å²) in [6, 6.07) is 7.73. The van der Waals surface area contributed by atoms with E-state index in [1.807, 2.05) is 31.2 Å². The molecular weight excluding hydrogens is 412 g/mol. The van der Waals surface area contributed by atoms with E-state index < -0.39 is 0 Å². The first kappa shape index (κ1) is 19.6. The van der Waals surface area contributed by atoms with Gasteiger partial charge in [0, 0.05) is 16.0 Å². The summed E-state index contributed by atoms with van der Waals surface area (Å²) in [5.41, 5.74) is 3.36. The first-order valence-electron chi connectivity index (χ1n) is 10.7. The van der Waals surface area contributed by atoms with Gasteiger partial charge in [-0.05, 0) is 93.2 Å². The van der Waals surface area contributed by atoms with Crippen LogP contribution in [0.3, 0.4) is 0 Å². The Balaban J connectivity index is 1.56. The number of hydrogen-bond donors (Lipinski definition) is 0. The zero-order valence-electron chi connectivity index (χ0n) is 17.1. The molecule has 6 heteroatoms. The number of thiophene rings is 2. The van der Waals surface area contributed by atoms with E-state index in [4.69, 9.17) is 0 Å². The molecule has 5 rings (SSSR count). The number of rotatable bonds is 3. The SMILES string of the molecule is Cc1cccnc1N(C(=O)c1cc2c(s1)CCCC2)C(=O)c1cc2c(s1)CCCC2. The minimum absolute atomic E-state index is 0.257. The van der Waals surface area contributed by atoms with Gasteiger partial charge in [0.2, 0.25) is 0 Å². The van der Waals surface area contributed by atoms with Crippen molar-refractivity contribution in [3.63, 3.8) is 0 Å². The molecule has 0 bridgehead atoms. The molecule has 3 heterocycles. The summed E-state index contributed by atoms with van der Waals surface area (Å²) in [6.07, 6.45) is 10.4. The number of aromatic nitrogens is 1. The van der Waals surface area contributed by atoms with Gasteiger partial charge in [0.05, 0.1) is 9.75 Å². The predicted molar refractivity (Wildman–Crippen MR) is 122 cm³/mol. The molecular formula is C24H24N2O2S2. The van der Waals surface area contributed by atoms with Crippen LogP contribution in [0.2, 0.25) is 0 Å². The van der Waals surface area contributed by atoms with Crippen LogP contribution in [-0.2, 0) is 25.7 Å². The van der Waals surface area contributed by atoms with Gasteiger partial charge >= 0.3 is 0 Å². The number of anilines is 1. The lowest BCUT2D eigenvalue weighted by atomic mass is 9.99. The molecule has 30 heavy (non-hydrogen) atoms. The van der Waals surface area contributed by atoms with Gasteiger partial charge in [0.15, 0.2) is 0 Å². The number of pyridine rings is 1. The molecule has 0 saturated heterocycles. The molecule has 154 valence electrons. The fraction of sp³-hybridized carbons (Fsp3) is 0.375. The minimum atomic E-state index is -0.257. The Morgan fingerprint density at radius 2 is 1.40 bits per heavy atom. The molecule has 4 nitrogen and oxygen atoms in total. The molecule has 0 atom stereocenters. The standard InChI is InChI=1S/C24H24N2O2S2/c1-15-7-6-12-25-22(15)26(23(27)20-13-16-8-2-4-10-18(16)29-20)24(28)21-14-17-9-3-5-11-19(17)30-21/h6-7,12-14H,2-5,8-11H2,1H3. The molecule has 0 N–H and O–H groups in total. The van der Waals surface area contributed by atoms with Crippen LogP contribution in [0.5, 0.6) is 0 Å². The maximum Gasteiger partial charge on any atom is 0.276 e. The van der Waals surface area contributed by atoms with Crippen molar-refractivity contribution < 1.29 is 9.59 Å². The van der Waals surface area contributed by atoms with Gasteiger partial charge < -0.3 is 0 Å². The number of carbonyl (C=O) groups excluding carboxylic acids is 2. The third-order valence-electron chi connectivity index (χ3n) is 6.01. The van der Waals surface area contributed by atoms with Crippen LogP contribution < -0.4 is 4.90 Å². The quantitative estimate of drug-likeness (QED) is 0.491. The summed E-state index contributed by atoms with van der Waals surface area (Å²) >= 11 is 3.09. The molecule has 3 aromatic rings. The molecule has 0 fully saturated rings. The lowest BCUT2D eigenvalue weighted by molar-refractivity contribution is 0.0900. The summed E-state index contributed by atoms with van der Waals surface area (Å²) in [7, 11) is 0. The Hall–Kier alpha value is -2.31. The Morgan fingerprint density at radius 3 is 1.90 bits per heavy atom. The highest BCUT2D eigenvalue weighted by Crippen LogP contribution is 2.34. The Labute approximate surface area is 184 Å². The molecule has 0 radical (unpaired) electrons. The average Bonchev–Trinajstić information content (AvgIpc) is 3.39. The molecule has 2 aliphatic carbocycles. The topological polar surface area (TPSA) is 50.3 Å². The van der Waals surface area contributed by atoms with E-state index >= 15 is 0 Å². The average molecular weight is 437 g/mol. The van der Waals surface area contributed by atoms with Gasteiger partial charge in [-0.3, -0.25) is 9.59 Å². The maximum absolute atomic E-state index is 13.7. The van der Waals surface area contributed by atoms with Crippen LogP contribution in [0.1, 0.15) is 71.5 Å². The van der Waals surface area contributed by atoms with Crippen molar-refractivity contribution in [2.45, 2.75) is 58.3 Å². The van der Waals surface area contributed by atoms with E-state index in [1.54, 1.807) is 28.9 Å². The molecule has 0 spiro atoms. The molecule has 0 saturated carbocycles. The number of aryl methyl sites for hydroxylation is 5. The largest absolute Gasteiger partial charge is 0.276 e. The van der Waals surface area contributed by atoms with E-state index in [0.29, 0.717) is 15.6 Å². The lowest BCUT2D eigenvalue weighted by Gasteiger charge is -2.20. The zero-order chi connectivity index (χ0) is 20.7. The number of hydrogen-bond acceptors (Lipinski definition) is 5. The minimum Gasteiger partial charge on any atom is -0.267 e. The van der Waals surface area contributed by atoms with Gasteiger partial charge in [-0.15, -0.1) is 22.7 Å². The highest BCUT2D eigenvalue weighted by Gasteiger charge is 2.32. The van der Waals surface area contributed by atoms with E-state index in [1.165, 1.54) is 51.5 Å². The Bertz CT molecular complexity index is 1010. The summed E-state index contributed by atoms with van der Waals surface area (Å²) in [4.78, 5) is 36.9. The van der Waals surface area contributed by atoms with Gasteiger partial charge in [0.1, 0.15) is 5.82 Å². The van der Waals surface area contributed by atoms with Crippen LogP contribution in [0, 0.1) is 6.92 Å². The first-order chi connectivity index (χ1) is 14.6. The fourth-order valence-electron chi connectivity index (χ4n) is 4.41. The Morgan fingerprint density at radius 1 is 0.867 bits per heavy atom.